The molecule has 212 valence electrons. The molecule has 2 aliphatic rings. The van der Waals surface area contributed by atoms with Gasteiger partial charge in [0.15, 0.2) is 11.6 Å². The molecule has 1 amide bonds. The van der Waals surface area contributed by atoms with Crippen LogP contribution in [-0.2, 0) is 11.2 Å². The van der Waals surface area contributed by atoms with Crippen molar-refractivity contribution in [3.8, 4) is 28.7 Å². The van der Waals surface area contributed by atoms with Crippen LogP contribution in [0.1, 0.15) is 43.0 Å². The molecule has 4 heterocycles. The standard InChI is InChI=1S/C32H30FN7O2/c1-21(2)30-26(14-35-19-37-30)25-12-24(33)7-8-27(25)42-28-15-36-20-38-31(28)39-10-9-32(16-39)17-40(18-32)29(41)11-22-3-5-23(13-34)6-4-22/h3-8,12,14-15,19-21H,9-11,16-18H2,1-2H3. The minimum atomic E-state index is -0.384. The van der Waals surface area contributed by atoms with Crippen molar-refractivity contribution in [2.45, 2.75) is 32.6 Å². The monoisotopic (exact) mass is 563 g/mol. The Morgan fingerprint density at radius 1 is 1.02 bits per heavy atom. The number of ether oxygens (including phenoxy) is 1. The highest BCUT2D eigenvalue weighted by Gasteiger charge is 2.49. The summed E-state index contributed by atoms with van der Waals surface area (Å²) in [7, 11) is 0. The van der Waals surface area contributed by atoms with Gasteiger partial charge in [0.25, 0.3) is 0 Å². The van der Waals surface area contributed by atoms with Gasteiger partial charge >= 0.3 is 0 Å². The molecule has 6 rings (SSSR count). The van der Waals surface area contributed by atoms with E-state index >= 15 is 0 Å². The summed E-state index contributed by atoms with van der Waals surface area (Å²) in [5.74, 6) is 1.40. The average molecular weight is 564 g/mol. The number of amides is 1. The van der Waals surface area contributed by atoms with E-state index in [4.69, 9.17) is 10.00 Å². The fraction of sp³-hybridized carbons (Fsp3) is 0.312. The molecule has 9 nitrogen and oxygen atoms in total. The zero-order chi connectivity index (χ0) is 29.3. The first kappa shape index (κ1) is 27.3. The van der Waals surface area contributed by atoms with E-state index in [2.05, 4.69) is 30.9 Å². The van der Waals surface area contributed by atoms with Gasteiger partial charge in [0.1, 0.15) is 24.2 Å². The lowest BCUT2D eigenvalue weighted by Gasteiger charge is -2.48. The van der Waals surface area contributed by atoms with E-state index in [9.17, 15) is 9.18 Å². The molecule has 2 aliphatic heterocycles. The van der Waals surface area contributed by atoms with Crippen molar-refractivity contribution >= 4 is 11.7 Å². The summed E-state index contributed by atoms with van der Waals surface area (Å²) in [6, 6.07) is 13.7. The van der Waals surface area contributed by atoms with Crippen molar-refractivity contribution in [2.24, 2.45) is 5.41 Å². The molecule has 2 aromatic heterocycles. The van der Waals surface area contributed by atoms with Crippen LogP contribution in [0.15, 0.2) is 67.5 Å². The number of benzene rings is 2. The quantitative estimate of drug-likeness (QED) is 0.304. The number of anilines is 1. The van der Waals surface area contributed by atoms with E-state index in [1.54, 1.807) is 30.6 Å². The topological polar surface area (TPSA) is 108 Å². The van der Waals surface area contributed by atoms with E-state index in [0.29, 0.717) is 53.5 Å². The highest BCUT2D eigenvalue weighted by atomic mass is 19.1. The van der Waals surface area contributed by atoms with Gasteiger partial charge in [-0.05, 0) is 48.2 Å². The van der Waals surface area contributed by atoms with Crippen molar-refractivity contribution in [1.82, 2.24) is 24.8 Å². The first-order chi connectivity index (χ1) is 20.3. The minimum absolute atomic E-state index is 0.00285. The molecule has 0 atom stereocenters. The van der Waals surface area contributed by atoms with Crippen molar-refractivity contribution in [3.63, 3.8) is 0 Å². The molecule has 2 fully saturated rings. The normalized spacial score (nSPS) is 15.5. The largest absolute Gasteiger partial charge is 0.451 e. The molecule has 0 radical (unpaired) electrons. The van der Waals surface area contributed by atoms with E-state index < -0.39 is 0 Å². The zero-order valence-electron chi connectivity index (χ0n) is 23.5. The number of carbonyl (C=O) groups is 1. The van der Waals surface area contributed by atoms with Crippen molar-refractivity contribution < 1.29 is 13.9 Å². The van der Waals surface area contributed by atoms with Crippen LogP contribution >= 0.6 is 0 Å². The highest BCUT2D eigenvalue weighted by Crippen LogP contribution is 2.44. The van der Waals surface area contributed by atoms with E-state index in [0.717, 1.165) is 30.8 Å². The molecule has 42 heavy (non-hydrogen) atoms. The maximum absolute atomic E-state index is 14.4. The molecule has 10 heteroatoms. The van der Waals surface area contributed by atoms with Crippen LogP contribution < -0.4 is 9.64 Å². The zero-order valence-corrected chi connectivity index (χ0v) is 23.5. The number of nitriles is 1. The molecule has 0 saturated carbocycles. The second kappa shape index (κ2) is 11.2. The lowest BCUT2D eigenvalue weighted by Crippen LogP contribution is -2.59. The number of likely N-dealkylation sites (tertiary alicyclic amines) is 1. The fourth-order valence-electron chi connectivity index (χ4n) is 5.84. The number of nitrogens with zero attached hydrogens (tertiary/aromatic N) is 7. The molecule has 2 saturated heterocycles. The second-order valence-corrected chi connectivity index (χ2v) is 11.3. The summed E-state index contributed by atoms with van der Waals surface area (Å²) in [5.41, 5.74) is 3.55. The summed E-state index contributed by atoms with van der Waals surface area (Å²) in [5, 5.41) is 8.99. The number of halogens is 1. The molecule has 0 N–H and O–H groups in total. The Labute approximate surface area is 243 Å². The fourth-order valence-corrected chi connectivity index (χ4v) is 5.84. The number of hydrogen-bond donors (Lipinski definition) is 0. The number of hydrogen-bond acceptors (Lipinski definition) is 8. The lowest BCUT2D eigenvalue weighted by atomic mass is 9.79. The SMILES string of the molecule is CC(C)c1ncncc1-c1cc(F)ccc1Oc1cncnc1N1CCC2(CN(C(=O)Cc3ccc(C#N)cc3)C2)C1. The molecule has 0 bridgehead atoms. The van der Waals surface area contributed by atoms with Gasteiger partial charge in [-0.3, -0.25) is 4.79 Å². The summed E-state index contributed by atoms with van der Waals surface area (Å²) in [4.78, 5) is 34.4. The molecule has 4 aromatic rings. The van der Waals surface area contributed by atoms with Crippen LogP contribution in [0.3, 0.4) is 0 Å². The third kappa shape index (κ3) is 5.38. The van der Waals surface area contributed by atoms with Crippen LogP contribution in [0.5, 0.6) is 11.5 Å². The van der Waals surface area contributed by atoms with Crippen LogP contribution in [0.25, 0.3) is 11.1 Å². The third-order valence-electron chi connectivity index (χ3n) is 7.98. The Bertz CT molecular complexity index is 1660. The van der Waals surface area contributed by atoms with Crippen LogP contribution in [0.2, 0.25) is 0 Å². The van der Waals surface area contributed by atoms with Crippen molar-refractivity contribution in [2.75, 3.05) is 31.1 Å². The van der Waals surface area contributed by atoms with Crippen LogP contribution in [0.4, 0.5) is 10.2 Å². The smallest absolute Gasteiger partial charge is 0.227 e. The first-order valence-electron chi connectivity index (χ1n) is 13.9. The Morgan fingerprint density at radius 2 is 1.79 bits per heavy atom. The predicted octanol–water partition coefficient (Wildman–Crippen LogP) is 5.14. The van der Waals surface area contributed by atoms with Crippen molar-refractivity contribution in [1.29, 1.82) is 5.26 Å². The highest BCUT2D eigenvalue weighted by molar-refractivity contribution is 5.80. The van der Waals surface area contributed by atoms with Gasteiger partial charge in [-0.25, -0.2) is 24.3 Å². The molecular weight excluding hydrogens is 533 g/mol. The van der Waals surface area contributed by atoms with Gasteiger partial charge in [-0.2, -0.15) is 5.26 Å². The predicted molar refractivity (Wildman–Crippen MR) is 154 cm³/mol. The summed E-state index contributed by atoms with van der Waals surface area (Å²) in [6.07, 6.45) is 7.54. The van der Waals surface area contributed by atoms with Crippen molar-refractivity contribution in [3.05, 3.63) is 90.2 Å². The maximum atomic E-state index is 14.4. The molecule has 2 aromatic carbocycles. The number of aromatic nitrogens is 4. The van der Waals surface area contributed by atoms with E-state index in [1.807, 2.05) is 30.9 Å². The Hall–Kier alpha value is -4.91. The second-order valence-electron chi connectivity index (χ2n) is 11.3. The minimum Gasteiger partial charge on any atom is -0.451 e. The average Bonchev–Trinajstić information content (AvgIpc) is 3.44. The van der Waals surface area contributed by atoms with Gasteiger partial charge < -0.3 is 14.5 Å². The van der Waals surface area contributed by atoms with Gasteiger partial charge in [-0.15, -0.1) is 0 Å². The molecular formula is C32H30FN7O2. The number of carbonyl (C=O) groups excluding carboxylic acids is 1. The van der Waals surface area contributed by atoms with E-state index in [1.165, 1.54) is 24.8 Å². The van der Waals surface area contributed by atoms with Gasteiger partial charge in [0, 0.05) is 48.9 Å². The Morgan fingerprint density at radius 3 is 2.55 bits per heavy atom. The maximum Gasteiger partial charge on any atom is 0.227 e. The Balaban J connectivity index is 1.17. The first-order valence-corrected chi connectivity index (χ1v) is 13.9. The van der Waals surface area contributed by atoms with E-state index in [-0.39, 0.29) is 23.1 Å². The molecule has 0 unspecified atom stereocenters. The van der Waals surface area contributed by atoms with Gasteiger partial charge in [0.05, 0.1) is 29.9 Å². The summed E-state index contributed by atoms with van der Waals surface area (Å²) in [6.45, 7) is 6.94. The third-order valence-corrected chi connectivity index (χ3v) is 7.98. The number of rotatable bonds is 7. The Kier molecular flexibility index (Phi) is 7.25. The van der Waals surface area contributed by atoms with Gasteiger partial charge in [-0.1, -0.05) is 26.0 Å². The van der Waals surface area contributed by atoms with Crippen LogP contribution in [-0.4, -0.2) is 56.9 Å². The molecule has 0 aliphatic carbocycles. The summed E-state index contributed by atoms with van der Waals surface area (Å²) < 4.78 is 20.8. The lowest BCUT2D eigenvalue weighted by molar-refractivity contribution is -0.141. The van der Waals surface area contributed by atoms with Crippen LogP contribution in [0, 0.1) is 22.6 Å². The summed E-state index contributed by atoms with van der Waals surface area (Å²) >= 11 is 0. The van der Waals surface area contributed by atoms with Gasteiger partial charge in [0.2, 0.25) is 5.91 Å². The molecule has 1 spiro atoms.